The summed E-state index contributed by atoms with van der Waals surface area (Å²) in [4.78, 5) is 12.3. The molecular formula is C16H20N4O. The Balaban J connectivity index is 1.65. The molecule has 0 bridgehead atoms. The first-order chi connectivity index (χ1) is 10.3. The van der Waals surface area contributed by atoms with E-state index in [4.69, 9.17) is 5.73 Å². The van der Waals surface area contributed by atoms with Gasteiger partial charge < -0.3 is 5.73 Å². The number of nitrogens with two attached hydrogens (primary N) is 1. The number of hydrogen-bond acceptors (Lipinski definition) is 4. The zero-order chi connectivity index (χ0) is 14.7. The van der Waals surface area contributed by atoms with Gasteiger partial charge in [-0.1, -0.05) is 29.5 Å². The van der Waals surface area contributed by atoms with E-state index in [9.17, 15) is 4.79 Å². The molecule has 1 aromatic heterocycles. The monoisotopic (exact) mass is 284 g/mol. The maximum Gasteiger partial charge on any atom is 0.154 e. The van der Waals surface area contributed by atoms with Gasteiger partial charge in [-0.15, -0.1) is 5.10 Å². The van der Waals surface area contributed by atoms with Crippen LogP contribution in [0.25, 0.3) is 0 Å². The molecule has 0 aliphatic heterocycles. The number of aryl methyl sites for hydroxylation is 1. The number of hydrogen-bond donors (Lipinski definition) is 1. The minimum Gasteiger partial charge on any atom is -0.325 e. The summed E-state index contributed by atoms with van der Waals surface area (Å²) in [6.45, 7) is 0.635. The Labute approximate surface area is 124 Å². The van der Waals surface area contributed by atoms with Crippen LogP contribution in [-0.4, -0.2) is 20.8 Å². The smallest absolute Gasteiger partial charge is 0.154 e. The number of nitrogens with zero attached hydrogens (tertiary/aromatic N) is 3. The second kappa shape index (κ2) is 6.18. The summed E-state index contributed by atoms with van der Waals surface area (Å²) in [5, 5.41) is 7.84. The predicted molar refractivity (Wildman–Crippen MR) is 79.7 cm³/mol. The van der Waals surface area contributed by atoms with Gasteiger partial charge in [-0.2, -0.15) is 0 Å². The summed E-state index contributed by atoms with van der Waals surface area (Å²) in [6, 6.07) is 8.48. The topological polar surface area (TPSA) is 73.8 Å². The summed E-state index contributed by atoms with van der Waals surface area (Å²) in [5.74, 6) is 0.546. The first kappa shape index (κ1) is 13.9. The standard InChI is InChI=1S/C16H20N4O/c17-9-14-10-20(19-18-14)11-15(21)8-13-6-3-5-12-4-1-2-7-16(12)13/h1-2,4,7,10,13H,3,5-6,8-9,11,17H2. The van der Waals surface area contributed by atoms with Crippen LogP contribution in [0, 0.1) is 0 Å². The van der Waals surface area contributed by atoms with E-state index < -0.39 is 0 Å². The molecule has 1 heterocycles. The van der Waals surface area contributed by atoms with E-state index in [1.807, 2.05) is 0 Å². The molecule has 21 heavy (non-hydrogen) atoms. The molecule has 110 valence electrons. The van der Waals surface area contributed by atoms with Gasteiger partial charge in [-0.05, 0) is 36.3 Å². The lowest BCUT2D eigenvalue weighted by Crippen LogP contribution is -2.17. The number of aromatic nitrogens is 3. The number of ketones is 1. The SMILES string of the molecule is NCc1cn(CC(=O)CC2CCCc3ccccc32)nn1. The van der Waals surface area contributed by atoms with Crippen molar-refractivity contribution in [3.05, 3.63) is 47.3 Å². The van der Waals surface area contributed by atoms with Crippen LogP contribution in [0.15, 0.2) is 30.5 Å². The first-order valence-electron chi connectivity index (χ1n) is 7.45. The van der Waals surface area contributed by atoms with Crippen LogP contribution in [0.5, 0.6) is 0 Å². The zero-order valence-electron chi connectivity index (χ0n) is 12.0. The fourth-order valence-electron chi connectivity index (χ4n) is 3.10. The van der Waals surface area contributed by atoms with Crippen molar-refractivity contribution >= 4 is 5.78 Å². The van der Waals surface area contributed by atoms with Crippen LogP contribution in [0.2, 0.25) is 0 Å². The number of benzene rings is 1. The van der Waals surface area contributed by atoms with Crippen LogP contribution in [-0.2, 0) is 24.3 Å². The van der Waals surface area contributed by atoms with Crippen LogP contribution < -0.4 is 5.73 Å². The molecule has 0 radical (unpaired) electrons. The lowest BCUT2D eigenvalue weighted by atomic mass is 9.80. The molecule has 0 spiro atoms. The Morgan fingerprint density at radius 3 is 3.05 bits per heavy atom. The Hall–Kier alpha value is -2.01. The fraction of sp³-hybridized carbons (Fsp3) is 0.438. The molecule has 1 atom stereocenters. The molecule has 1 aromatic carbocycles. The summed E-state index contributed by atoms with van der Waals surface area (Å²) >= 11 is 0. The van der Waals surface area contributed by atoms with Crippen molar-refractivity contribution in [1.29, 1.82) is 0 Å². The molecule has 2 aromatic rings. The summed E-state index contributed by atoms with van der Waals surface area (Å²) in [5.41, 5.74) is 8.95. The van der Waals surface area contributed by atoms with E-state index >= 15 is 0 Å². The minimum atomic E-state index is 0.199. The van der Waals surface area contributed by atoms with Gasteiger partial charge in [0.15, 0.2) is 5.78 Å². The quantitative estimate of drug-likeness (QED) is 0.908. The van der Waals surface area contributed by atoms with Crippen LogP contribution in [0.4, 0.5) is 0 Å². The van der Waals surface area contributed by atoms with Crippen molar-refractivity contribution in [2.24, 2.45) is 5.73 Å². The molecule has 1 aliphatic rings. The molecule has 1 unspecified atom stereocenters. The molecule has 1 aliphatic carbocycles. The third-order valence-electron chi connectivity index (χ3n) is 4.10. The second-order valence-electron chi connectivity index (χ2n) is 5.64. The fourth-order valence-corrected chi connectivity index (χ4v) is 3.10. The summed E-state index contributed by atoms with van der Waals surface area (Å²) in [7, 11) is 0. The first-order valence-corrected chi connectivity index (χ1v) is 7.45. The highest BCUT2D eigenvalue weighted by molar-refractivity contribution is 5.79. The summed E-state index contributed by atoms with van der Waals surface area (Å²) < 4.78 is 1.58. The maximum absolute atomic E-state index is 12.3. The average Bonchev–Trinajstić information content (AvgIpc) is 2.95. The molecule has 5 nitrogen and oxygen atoms in total. The van der Waals surface area contributed by atoms with Gasteiger partial charge in [0.2, 0.25) is 0 Å². The van der Waals surface area contributed by atoms with Crippen molar-refractivity contribution in [2.45, 2.75) is 44.7 Å². The third-order valence-corrected chi connectivity index (χ3v) is 4.10. The maximum atomic E-state index is 12.3. The molecule has 0 saturated heterocycles. The molecular weight excluding hydrogens is 264 g/mol. The number of rotatable bonds is 5. The van der Waals surface area contributed by atoms with Crippen LogP contribution in [0.1, 0.15) is 42.0 Å². The van der Waals surface area contributed by atoms with Crippen molar-refractivity contribution in [3.63, 3.8) is 0 Å². The number of carbonyl (C=O) groups excluding carboxylic acids is 1. The highest BCUT2D eigenvalue weighted by Crippen LogP contribution is 2.33. The van der Waals surface area contributed by atoms with Crippen LogP contribution in [0.3, 0.4) is 0 Å². The third kappa shape index (κ3) is 3.19. The van der Waals surface area contributed by atoms with Crippen molar-refractivity contribution < 1.29 is 4.79 Å². The highest BCUT2D eigenvalue weighted by Gasteiger charge is 2.22. The van der Waals surface area contributed by atoms with E-state index in [1.54, 1.807) is 10.9 Å². The van der Waals surface area contributed by atoms with E-state index in [1.165, 1.54) is 11.1 Å². The summed E-state index contributed by atoms with van der Waals surface area (Å²) in [6.07, 6.45) is 5.70. The highest BCUT2D eigenvalue weighted by atomic mass is 16.1. The van der Waals surface area contributed by atoms with Gasteiger partial charge in [0.1, 0.15) is 6.54 Å². The average molecular weight is 284 g/mol. The zero-order valence-corrected chi connectivity index (χ0v) is 12.0. The van der Waals surface area contributed by atoms with Gasteiger partial charge in [-0.3, -0.25) is 4.79 Å². The lowest BCUT2D eigenvalue weighted by molar-refractivity contribution is -0.120. The van der Waals surface area contributed by atoms with Crippen LogP contribution >= 0.6 is 0 Å². The Morgan fingerprint density at radius 1 is 1.38 bits per heavy atom. The molecule has 2 N–H and O–H groups in total. The minimum absolute atomic E-state index is 0.199. The van der Waals surface area contributed by atoms with Crippen molar-refractivity contribution in [1.82, 2.24) is 15.0 Å². The van der Waals surface area contributed by atoms with E-state index in [-0.39, 0.29) is 12.3 Å². The van der Waals surface area contributed by atoms with E-state index in [2.05, 4.69) is 34.6 Å². The van der Waals surface area contributed by atoms with Crippen molar-refractivity contribution in [3.8, 4) is 0 Å². The van der Waals surface area contributed by atoms with E-state index in [0.29, 0.717) is 24.6 Å². The lowest BCUT2D eigenvalue weighted by Gasteiger charge is -2.24. The molecule has 3 rings (SSSR count). The molecule has 5 heteroatoms. The molecule has 0 fully saturated rings. The normalized spacial score (nSPS) is 17.5. The van der Waals surface area contributed by atoms with Gasteiger partial charge in [0.25, 0.3) is 0 Å². The largest absolute Gasteiger partial charge is 0.325 e. The Morgan fingerprint density at radius 2 is 2.24 bits per heavy atom. The van der Waals surface area contributed by atoms with Crippen molar-refractivity contribution in [2.75, 3.05) is 0 Å². The van der Waals surface area contributed by atoms with Gasteiger partial charge in [-0.25, -0.2) is 4.68 Å². The number of Topliss-reactive ketones (excluding diaryl/α,β-unsaturated/α-hetero) is 1. The van der Waals surface area contributed by atoms with E-state index in [0.717, 1.165) is 19.3 Å². The predicted octanol–water partition coefficient (Wildman–Crippen LogP) is 1.82. The van der Waals surface area contributed by atoms with Gasteiger partial charge in [0.05, 0.1) is 11.9 Å². The van der Waals surface area contributed by atoms with Gasteiger partial charge in [0, 0.05) is 13.0 Å². The number of carbonyl (C=O) groups is 1. The Kier molecular flexibility index (Phi) is 4.10. The Bertz CT molecular complexity index is 635. The number of fused-ring (bicyclic) bond motifs is 1. The molecule has 0 saturated carbocycles. The second-order valence-corrected chi connectivity index (χ2v) is 5.64. The molecule has 0 amide bonds. The van der Waals surface area contributed by atoms with Gasteiger partial charge >= 0.3 is 0 Å².